The van der Waals surface area contributed by atoms with Crippen molar-refractivity contribution in [3.63, 3.8) is 0 Å². The average molecular weight is 520 g/mol. The van der Waals surface area contributed by atoms with Crippen LogP contribution in [0.2, 0.25) is 0 Å². The number of nitrogens with zero attached hydrogens (tertiary/aromatic N) is 1. The van der Waals surface area contributed by atoms with Gasteiger partial charge in [0.1, 0.15) is 0 Å². The number of Topliss-reactive ketones (excluding diaryl/α,β-unsaturated/α-hetero) is 1. The van der Waals surface area contributed by atoms with Crippen LogP contribution in [0.15, 0.2) is 60.2 Å². The molecule has 0 bridgehead atoms. The standard InChI is InChI=1S/C29H29NO8/c1-30(2)20-9-6-18(7-10-20)27(31)21(12-17-13-24(34-3)28(36-5)25(14-17)35-4)26(29(32)33)19-8-11-22-23(15-19)38-16-37-22/h6-11,13-15H,12,16H2,1-5H3,(H,32,33)/b26-21+. The fourth-order valence-electron chi connectivity index (χ4n) is 4.29. The first kappa shape index (κ1) is 26.4. The van der Waals surface area contributed by atoms with Gasteiger partial charge in [0.25, 0.3) is 0 Å². The number of fused-ring (bicyclic) bond motifs is 1. The van der Waals surface area contributed by atoms with E-state index in [4.69, 9.17) is 23.7 Å². The highest BCUT2D eigenvalue weighted by Crippen LogP contribution is 2.40. The normalized spacial score (nSPS) is 12.4. The van der Waals surface area contributed by atoms with E-state index in [0.29, 0.717) is 45.4 Å². The van der Waals surface area contributed by atoms with Gasteiger partial charge in [-0.2, -0.15) is 0 Å². The number of hydrogen-bond acceptors (Lipinski definition) is 8. The molecular weight excluding hydrogens is 490 g/mol. The molecular formula is C29H29NO8. The first-order valence-electron chi connectivity index (χ1n) is 11.7. The van der Waals surface area contributed by atoms with Gasteiger partial charge >= 0.3 is 5.97 Å². The number of ketones is 1. The molecule has 1 aliphatic rings. The second-order valence-corrected chi connectivity index (χ2v) is 8.71. The number of allylic oxidation sites excluding steroid dienone is 1. The molecule has 0 saturated heterocycles. The quantitative estimate of drug-likeness (QED) is 0.307. The predicted octanol–water partition coefficient (Wildman–Crippen LogP) is 4.47. The number of carbonyl (C=O) groups is 2. The van der Waals surface area contributed by atoms with Crippen LogP contribution in [-0.4, -0.2) is 59.1 Å². The molecule has 38 heavy (non-hydrogen) atoms. The SMILES string of the molecule is COc1cc(C/C(C(=O)c2ccc(N(C)C)cc2)=C(\C(=O)O)c2ccc3c(c2)OCO3)cc(OC)c1OC. The Morgan fingerprint density at radius 1 is 0.842 bits per heavy atom. The zero-order chi connectivity index (χ0) is 27.4. The van der Waals surface area contributed by atoms with Crippen molar-refractivity contribution in [1.29, 1.82) is 0 Å². The number of anilines is 1. The minimum atomic E-state index is -1.25. The van der Waals surface area contributed by atoms with Crippen LogP contribution < -0.4 is 28.6 Å². The Hall–Kier alpha value is -4.66. The van der Waals surface area contributed by atoms with E-state index < -0.39 is 11.8 Å². The molecule has 1 heterocycles. The summed E-state index contributed by atoms with van der Waals surface area (Å²) in [5, 5.41) is 10.4. The Balaban J connectivity index is 1.90. The second kappa shape index (κ2) is 11.2. The van der Waals surface area contributed by atoms with E-state index in [9.17, 15) is 14.7 Å². The van der Waals surface area contributed by atoms with E-state index in [1.54, 1.807) is 42.5 Å². The van der Waals surface area contributed by atoms with Gasteiger partial charge < -0.3 is 33.7 Å². The van der Waals surface area contributed by atoms with Crippen LogP contribution in [0.5, 0.6) is 28.7 Å². The molecule has 0 saturated carbocycles. The molecule has 0 atom stereocenters. The van der Waals surface area contributed by atoms with E-state index in [-0.39, 0.29) is 24.4 Å². The van der Waals surface area contributed by atoms with Gasteiger partial charge in [0.15, 0.2) is 28.8 Å². The molecule has 1 aliphatic heterocycles. The van der Waals surface area contributed by atoms with Crippen LogP contribution in [0, 0.1) is 0 Å². The zero-order valence-corrected chi connectivity index (χ0v) is 21.9. The largest absolute Gasteiger partial charge is 0.493 e. The monoisotopic (exact) mass is 519 g/mol. The molecule has 3 aromatic rings. The first-order valence-corrected chi connectivity index (χ1v) is 11.7. The molecule has 0 fully saturated rings. The van der Waals surface area contributed by atoms with Gasteiger partial charge in [-0.1, -0.05) is 6.07 Å². The summed E-state index contributed by atoms with van der Waals surface area (Å²) in [6.45, 7) is 0.0420. The number of methoxy groups -OCH3 is 3. The van der Waals surface area contributed by atoms with Gasteiger partial charge in [-0.3, -0.25) is 4.79 Å². The maximum absolute atomic E-state index is 13.9. The zero-order valence-electron chi connectivity index (χ0n) is 21.9. The number of benzene rings is 3. The number of rotatable bonds is 10. The maximum atomic E-state index is 13.9. The Kier molecular flexibility index (Phi) is 7.76. The van der Waals surface area contributed by atoms with Crippen LogP contribution in [0.4, 0.5) is 5.69 Å². The van der Waals surface area contributed by atoms with Gasteiger partial charge in [-0.05, 0) is 59.7 Å². The highest BCUT2D eigenvalue weighted by Gasteiger charge is 2.27. The van der Waals surface area contributed by atoms with Crippen molar-refractivity contribution in [3.8, 4) is 28.7 Å². The van der Waals surface area contributed by atoms with Crippen molar-refractivity contribution >= 4 is 23.0 Å². The third kappa shape index (κ3) is 5.22. The smallest absolute Gasteiger partial charge is 0.336 e. The van der Waals surface area contributed by atoms with E-state index >= 15 is 0 Å². The van der Waals surface area contributed by atoms with Crippen LogP contribution in [0.1, 0.15) is 21.5 Å². The summed E-state index contributed by atoms with van der Waals surface area (Å²) in [7, 11) is 8.27. The van der Waals surface area contributed by atoms with Crippen LogP contribution in [-0.2, 0) is 11.2 Å². The summed E-state index contributed by atoms with van der Waals surface area (Å²) in [5.74, 6) is 0.437. The third-order valence-electron chi connectivity index (χ3n) is 6.20. The Labute approximate surface area is 220 Å². The van der Waals surface area contributed by atoms with Crippen LogP contribution >= 0.6 is 0 Å². The molecule has 9 nitrogen and oxygen atoms in total. The molecule has 0 aliphatic carbocycles. The minimum absolute atomic E-state index is 0.0128. The third-order valence-corrected chi connectivity index (χ3v) is 6.20. The fraction of sp³-hybridized carbons (Fsp3) is 0.241. The first-order chi connectivity index (χ1) is 18.3. The Bertz CT molecular complexity index is 1370. The van der Waals surface area contributed by atoms with Crippen molar-refractivity contribution in [2.75, 3.05) is 47.1 Å². The van der Waals surface area contributed by atoms with Gasteiger partial charge in [-0.15, -0.1) is 0 Å². The van der Waals surface area contributed by atoms with Gasteiger partial charge in [0, 0.05) is 37.3 Å². The Morgan fingerprint density at radius 2 is 1.45 bits per heavy atom. The van der Waals surface area contributed by atoms with Crippen LogP contribution in [0.25, 0.3) is 5.57 Å². The topological polar surface area (TPSA) is 104 Å². The number of hydrogen-bond donors (Lipinski definition) is 1. The Morgan fingerprint density at radius 3 is 2.00 bits per heavy atom. The molecule has 3 aromatic carbocycles. The average Bonchev–Trinajstić information content (AvgIpc) is 3.39. The second-order valence-electron chi connectivity index (χ2n) is 8.71. The molecule has 0 amide bonds. The van der Waals surface area contributed by atoms with Crippen molar-refractivity contribution in [1.82, 2.24) is 0 Å². The van der Waals surface area contributed by atoms with Crippen molar-refractivity contribution in [2.24, 2.45) is 0 Å². The number of carboxylic acid groups (broad SMARTS) is 1. The molecule has 0 unspecified atom stereocenters. The van der Waals surface area contributed by atoms with Gasteiger partial charge in [-0.25, -0.2) is 4.79 Å². The summed E-state index contributed by atoms with van der Waals surface area (Å²) < 4.78 is 27.2. The number of ether oxygens (including phenoxy) is 5. The lowest BCUT2D eigenvalue weighted by molar-refractivity contribution is -0.130. The number of carbonyl (C=O) groups excluding carboxylic acids is 1. The van der Waals surface area contributed by atoms with Crippen LogP contribution in [0.3, 0.4) is 0 Å². The molecule has 1 N–H and O–H groups in total. The summed E-state index contributed by atoms with van der Waals surface area (Å²) in [5.41, 5.74) is 2.14. The van der Waals surface area contributed by atoms with Gasteiger partial charge in [0.05, 0.1) is 26.9 Å². The fourth-order valence-corrected chi connectivity index (χ4v) is 4.29. The van der Waals surface area contributed by atoms with Crippen molar-refractivity contribution in [2.45, 2.75) is 6.42 Å². The predicted molar refractivity (Wildman–Crippen MR) is 142 cm³/mol. The lowest BCUT2D eigenvalue weighted by Gasteiger charge is -2.17. The lowest BCUT2D eigenvalue weighted by atomic mass is 9.89. The highest BCUT2D eigenvalue weighted by atomic mass is 16.7. The minimum Gasteiger partial charge on any atom is -0.493 e. The highest BCUT2D eigenvalue weighted by molar-refractivity contribution is 6.26. The summed E-state index contributed by atoms with van der Waals surface area (Å²) in [4.78, 5) is 28.5. The summed E-state index contributed by atoms with van der Waals surface area (Å²) in [6.07, 6.45) is -0.0128. The molecule has 198 valence electrons. The molecule has 0 aromatic heterocycles. The van der Waals surface area contributed by atoms with E-state index in [1.165, 1.54) is 21.3 Å². The van der Waals surface area contributed by atoms with E-state index in [0.717, 1.165) is 5.69 Å². The van der Waals surface area contributed by atoms with E-state index in [2.05, 4.69) is 0 Å². The number of aliphatic carboxylic acids is 1. The maximum Gasteiger partial charge on any atom is 0.336 e. The lowest BCUT2D eigenvalue weighted by Crippen LogP contribution is -2.15. The van der Waals surface area contributed by atoms with Crippen molar-refractivity contribution in [3.05, 3.63) is 76.9 Å². The summed E-state index contributed by atoms with van der Waals surface area (Å²) >= 11 is 0. The molecule has 9 heteroatoms. The van der Waals surface area contributed by atoms with E-state index in [1.807, 2.05) is 31.1 Å². The van der Waals surface area contributed by atoms with Crippen molar-refractivity contribution < 1.29 is 38.4 Å². The van der Waals surface area contributed by atoms with Gasteiger partial charge in [0.2, 0.25) is 12.5 Å². The summed E-state index contributed by atoms with van der Waals surface area (Å²) in [6, 6.07) is 15.2. The molecule has 0 spiro atoms. The molecule has 4 rings (SSSR count). The molecule has 0 radical (unpaired) electrons. The number of carboxylic acids is 1.